The van der Waals surface area contributed by atoms with Crippen molar-refractivity contribution < 1.29 is 19.1 Å². The molecule has 2 aromatic carbocycles. The molecular weight excluding hydrogens is 388 g/mol. The second kappa shape index (κ2) is 8.79. The number of thiophene rings is 1. The van der Waals surface area contributed by atoms with Crippen LogP contribution in [0.25, 0.3) is 11.1 Å². The Balaban J connectivity index is 1.91. The maximum Gasteiger partial charge on any atom is 0.252 e. The average molecular weight is 410 g/mol. The number of nitrogens with two attached hydrogens (primary N) is 1. The van der Waals surface area contributed by atoms with E-state index in [4.69, 9.17) is 15.2 Å². The number of ether oxygens (including phenoxy) is 2. The summed E-state index contributed by atoms with van der Waals surface area (Å²) < 4.78 is 10.6. The zero-order valence-electron chi connectivity index (χ0n) is 16.4. The Morgan fingerprint density at radius 1 is 1.07 bits per heavy atom. The number of nitrogens with one attached hydrogen (secondary N) is 1. The fourth-order valence-corrected chi connectivity index (χ4v) is 4.28. The Morgan fingerprint density at radius 3 is 2.41 bits per heavy atom. The van der Waals surface area contributed by atoms with Crippen molar-refractivity contribution in [2.75, 3.05) is 19.5 Å². The quantitative estimate of drug-likeness (QED) is 0.615. The number of hydrogen-bond acceptors (Lipinski definition) is 5. The van der Waals surface area contributed by atoms with E-state index in [0.29, 0.717) is 27.6 Å². The standard InChI is InChI=1S/C22H22N2O4S/c1-13-19(14-7-5-4-6-8-14)20(21(23)26)22(29-13)24-18(25)12-15-11-16(27-2)9-10-17(15)28-3/h4-11H,12H2,1-3H3,(H2,23,26)(H,24,25). The molecule has 0 unspecified atom stereocenters. The lowest BCUT2D eigenvalue weighted by Gasteiger charge is -2.11. The van der Waals surface area contributed by atoms with E-state index in [0.717, 1.165) is 16.0 Å². The normalized spacial score (nSPS) is 10.4. The van der Waals surface area contributed by atoms with E-state index in [9.17, 15) is 9.59 Å². The minimum absolute atomic E-state index is 0.0657. The summed E-state index contributed by atoms with van der Waals surface area (Å²) in [6.45, 7) is 1.90. The number of carbonyl (C=O) groups excluding carboxylic acids is 2. The molecule has 0 saturated carbocycles. The van der Waals surface area contributed by atoms with Gasteiger partial charge in [-0.1, -0.05) is 30.3 Å². The molecule has 0 fully saturated rings. The van der Waals surface area contributed by atoms with Crippen LogP contribution in [0.1, 0.15) is 20.8 Å². The third-order valence-corrected chi connectivity index (χ3v) is 5.51. The largest absolute Gasteiger partial charge is 0.497 e. The number of aryl methyl sites for hydroxylation is 1. The number of rotatable bonds is 7. The highest BCUT2D eigenvalue weighted by molar-refractivity contribution is 7.17. The molecule has 0 aliphatic rings. The topological polar surface area (TPSA) is 90.7 Å². The molecule has 0 radical (unpaired) electrons. The van der Waals surface area contributed by atoms with Crippen LogP contribution in [0.5, 0.6) is 11.5 Å². The monoisotopic (exact) mass is 410 g/mol. The van der Waals surface area contributed by atoms with Crippen molar-refractivity contribution in [3.63, 3.8) is 0 Å². The molecule has 0 saturated heterocycles. The van der Waals surface area contributed by atoms with Gasteiger partial charge in [0.1, 0.15) is 16.5 Å². The third kappa shape index (κ3) is 4.41. The first-order chi connectivity index (χ1) is 13.9. The molecule has 0 spiro atoms. The van der Waals surface area contributed by atoms with Gasteiger partial charge in [-0.25, -0.2) is 0 Å². The maximum absolute atomic E-state index is 12.7. The lowest BCUT2D eigenvalue weighted by atomic mass is 10.0. The van der Waals surface area contributed by atoms with Crippen molar-refractivity contribution in [1.29, 1.82) is 0 Å². The predicted octanol–water partition coefficient (Wildman–Crippen LogP) is 4.02. The van der Waals surface area contributed by atoms with E-state index in [2.05, 4.69) is 5.32 Å². The van der Waals surface area contributed by atoms with Gasteiger partial charge in [0.2, 0.25) is 5.91 Å². The van der Waals surface area contributed by atoms with Gasteiger partial charge >= 0.3 is 0 Å². The second-order valence-corrected chi connectivity index (χ2v) is 7.60. The van der Waals surface area contributed by atoms with Gasteiger partial charge in [0.25, 0.3) is 5.91 Å². The molecule has 3 aromatic rings. The summed E-state index contributed by atoms with van der Waals surface area (Å²) >= 11 is 1.33. The van der Waals surface area contributed by atoms with Crippen molar-refractivity contribution in [2.24, 2.45) is 5.73 Å². The Kier molecular flexibility index (Phi) is 6.19. The predicted molar refractivity (Wildman–Crippen MR) is 115 cm³/mol. The van der Waals surface area contributed by atoms with Crippen LogP contribution in [-0.2, 0) is 11.2 Å². The highest BCUT2D eigenvalue weighted by Gasteiger charge is 2.23. The molecule has 2 amide bonds. The van der Waals surface area contributed by atoms with Gasteiger partial charge in [-0.2, -0.15) is 0 Å². The molecule has 150 valence electrons. The summed E-state index contributed by atoms with van der Waals surface area (Å²) in [5.41, 5.74) is 8.29. The lowest BCUT2D eigenvalue weighted by Crippen LogP contribution is -2.18. The SMILES string of the molecule is COc1ccc(OC)c(CC(=O)Nc2sc(C)c(-c3ccccc3)c2C(N)=O)c1. The van der Waals surface area contributed by atoms with Crippen molar-refractivity contribution in [1.82, 2.24) is 0 Å². The van der Waals surface area contributed by atoms with Gasteiger partial charge in [-0.15, -0.1) is 11.3 Å². The Bertz CT molecular complexity index is 1040. The average Bonchev–Trinajstić information content (AvgIpc) is 3.04. The zero-order valence-corrected chi connectivity index (χ0v) is 17.3. The molecule has 1 heterocycles. The molecule has 0 aliphatic heterocycles. The fraction of sp³-hybridized carbons (Fsp3) is 0.182. The molecule has 3 N–H and O–H groups in total. The van der Waals surface area contributed by atoms with Crippen LogP contribution in [-0.4, -0.2) is 26.0 Å². The number of benzene rings is 2. The Hall–Kier alpha value is -3.32. The van der Waals surface area contributed by atoms with Crippen molar-refractivity contribution in [2.45, 2.75) is 13.3 Å². The molecular formula is C22H22N2O4S. The van der Waals surface area contributed by atoms with E-state index >= 15 is 0 Å². The smallest absolute Gasteiger partial charge is 0.252 e. The van der Waals surface area contributed by atoms with Crippen LogP contribution in [0, 0.1) is 6.92 Å². The maximum atomic E-state index is 12.7. The summed E-state index contributed by atoms with van der Waals surface area (Å²) in [5.74, 6) is 0.357. The van der Waals surface area contributed by atoms with E-state index in [1.165, 1.54) is 11.3 Å². The molecule has 29 heavy (non-hydrogen) atoms. The zero-order chi connectivity index (χ0) is 21.0. The number of methoxy groups -OCH3 is 2. The highest BCUT2D eigenvalue weighted by atomic mass is 32.1. The van der Waals surface area contributed by atoms with Crippen LogP contribution in [0.3, 0.4) is 0 Å². The molecule has 0 bridgehead atoms. The van der Waals surface area contributed by atoms with Gasteiger partial charge in [0.05, 0.1) is 26.2 Å². The summed E-state index contributed by atoms with van der Waals surface area (Å²) in [5, 5.41) is 3.29. The van der Waals surface area contributed by atoms with E-state index in [1.807, 2.05) is 37.3 Å². The van der Waals surface area contributed by atoms with Crippen LogP contribution in [0.2, 0.25) is 0 Å². The first-order valence-corrected chi connectivity index (χ1v) is 9.75. The first kappa shape index (κ1) is 20.4. The molecule has 7 heteroatoms. The minimum Gasteiger partial charge on any atom is -0.497 e. The number of anilines is 1. The van der Waals surface area contributed by atoms with E-state index < -0.39 is 5.91 Å². The third-order valence-electron chi connectivity index (χ3n) is 4.48. The Labute approximate surface area is 173 Å². The van der Waals surface area contributed by atoms with Crippen molar-refractivity contribution >= 4 is 28.2 Å². The van der Waals surface area contributed by atoms with E-state index in [1.54, 1.807) is 32.4 Å². The molecule has 3 rings (SSSR count). The van der Waals surface area contributed by atoms with Crippen molar-refractivity contribution in [3.05, 3.63) is 64.5 Å². The Morgan fingerprint density at radius 2 is 1.79 bits per heavy atom. The molecule has 1 aromatic heterocycles. The van der Waals surface area contributed by atoms with Crippen molar-refractivity contribution in [3.8, 4) is 22.6 Å². The number of carbonyl (C=O) groups is 2. The van der Waals surface area contributed by atoms with Crippen LogP contribution in [0.15, 0.2) is 48.5 Å². The minimum atomic E-state index is -0.581. The number of primary amides is 1. The van der Waals surface area contributed by atoms with Gasteiger partial charge < -0.3 is 20.5 Å². The van der Waals surface area contributed by atoms with Crippen LogP contribution in [0.4, 0.5) is 5.00 Å². The molecule has 0 atom stereocenters. The first-order valence-electron chi connectivity index (χ1n) is 8.94. The van der Waals surface area contributed by atoms with Crippen LogP contribution >= 0.6 is 11.3 Å². The van der Waals surface area contributed by atoms with Crippen LogP contribution < -0.4 is 20.5 Å². The second-order valence-electron chi connectivity index (χ2n) is 6.37. The highest BCUT2D eigenvalue weighted by Crippen LogP contribution is 2.39. The lowest BCUT2D eigenvalue weighted by molar-refractivity contribution is -0.115. The molecule has 6 nitrogen and oxygen atoms in total. The molecule has 0 aliphatic carbocycles. The van der Waals surface area contributed by atoms with Gasteiger partial charge in [0, 0.05) is 16.0 Å². The fourth-order valence-electron chi connectivity index (χ4n) is 3.18. The van der Waals surface area contributed by atoms with Gasteiger partial charge in [0.15, 0.2) is 0 Å². The summed E-state index contributed by atoms with van der Waals surface area (Å²) in [4.78, 5) is 25.8. The summed E-state index contributed by atoms with van der Waals surface area (Å²) in [6, 6.07) is 14.8. The number of amides is 2. The van der Waals surface area contributed by atoms with Gasteiger partial charge in [-0.3, -0.25) is 9.59 Å². The summed E-state index contributed by atoms with van der Waals surface area (Å²) in [7, 11) is 3.10. The number of hydrogen-bond donors (Lipinski definition) is 2. The summed E-state index contributed by atoms with van der Waals surface area (Å²) in [6.07, 6.45) is 0.0657. The van der Waals surface area contributed by atoms with Gasteiger partial charge in [-0.05, 0) is 30.7 Å². The van der Waals surface area contributed by atoms with E-state index in [-0.39, 0.29) is 12.3 Å².